The molecule has 0 heterocycles. The summed E-state index contributed by atoms with van der Waals surface area (Å²) in [5.74, 6) is -0.644. The van der Waals surface area contributed by atoms with Crippen molar-refractivity contribution in [1.82, 2.24) is 0 Å². The number of nitrogens with one attached hydrogen (secondary N) is 1. The topological polar surface area (TPSA) is 75.6 Å². The molecule has 0 aliphatic carbocycles. The Morgan fingerprint density at radius 2 is 1.75 bits per heavy atom. The average molecular weight is 325 g/mol. The van der Waals surface area contributed by atoms with E-state index in [-0.39, 0.29) is 12.5 Å². The highest BCUT2D eigenvalue weighted by Gasteiger charge is 2.03. The summed E-state index contributed by atoms with van der Waals surface area (Å²) in [5.41, 5.74) is 2.96. The maximum Gasteiger partial charge on any atom is 0.337 e. The zero-order valence-electron chi connectivity index (χ0n) is 13.4. The van der Waals surface area contributed by atoms with Crippen molar-refractivity contribution in [1.29, 1.82) is 0 Å². The molecule has 0 saturated carbocycles. The maximum absolute atomic E-state index is 11.9. The Labute approximate surface area is 140 Å². The molecular formula is C19H19NO4. The molecule has 2 rings (SSSR count). The predicted molar refractivity (Wildman–Crippen MR) is 92.7 cm³/mol. The molecule has 1 amide bonds. The van der Waals surface area contributed by atoms with Crippen molar-refractivity contribution < 1.29 is 19.4 Å². The van der Waals surface area contributed by atoms with E-state index in [2.05, 4.69) is 10.1 Å². The van der Waals surface area contributed by atoms with Gasteiger partial charge in [-0.15, -0.1) is 0 Å². The van der Waals surface area contributed by atoms with Crippen molar-refractivity contribution in [2.24, 2.45) is 0 Å². The summed E-state index contributed by atoms with van der Waals surface area (Å²) in [7, 11) is 1.33. The molecule has 0 saturated heterocycles. The molecule has 0 bridgehead atoms. The van der Waals surface area contributed by atoms with E-state index in [4.69, 9.17) is 5.11 Å². The van der Waals surface area contributed by atoms with Gasteiger partial charge in [0, 0.05) is 18.4 Å². The Morgan fingerprint density at radius 1 is 1.08 bits per heavy atom. The van der Waals surface area contributed by atoms with E-state index in [0.717, 1.165) is 11.1 Å². The van der Waals surface area contributed by atoms with Crippen LogP contribution in [0.3, 0.4) is 0 Å². The SMILES string of the molecule is COC(=O)c1ccc(/C=C/C(=O)Nc2ccc(CCO)cc2)cc1. The number of benzene rings is 2. The van der Waals surface area contributed by atoms with Gasteiger partial charge in [-0.05, 0) is 47.9 Å². The van der Waals surface area contributed by atoms with Gasteiger partial charge < -0.3 is 15.2 Å². The molecule has 0 radical (unpaired) electrons. The van der Waals surface area contributed by atoms with E-state index < -0.39 is 5.97 Å². The highest BCUT2D eigenvalue weighted by molar-refractivity contribution is 6.02. The van der Waals surface area contributed by atoms with Crippen molar-refractivity contribution in [2.45, 2.75) is 6.42 Å². The molecule has 0 unspecified atom stereocenters. The number of esters is 1. The quantitative estimate of drug-likeness (QED) is 0.632. The lowest BCUT2D eigenvalue weighted by Gasteiger charge is -2.04. The van der Waals surface area contributed by atoms with Gasteiger partial charge >= 0.3 is 5.97 Å². The van der Waals surface area contributed by atoms with Crippen LogP contribution in [-0.4, -0.2) is 30.7 Å². The second-order valence-electron chi connectivity index (χ2n) is 5.11. The smallest absolute Gasteiger partial charge is 0.337 e. The van der Waals surface area contributed by atoms with Crippen molar-refractivity contribution in [3.05, 3.63) is 71.3 Å². The normalized spacial score (nSPS) is 10.6. The molecule has 2 N–H and O–H groups in total. The number of carbonyl (C=O) groups is 2. The van der Waals surface area contributed by atoms with Gasteiger partial charge in [-0.2, -0.15) is 0 Å². The second-order valence-corrected chi connectivity index (χ2v) is 5.11. The molecule has 2 aromatic carbocycles. The molecule has 0 fully saturated rings. The summed E-state index contributed by atoms with van der Waals surface area (Å²) < 4.78 is 4.63. The minimum atomic E-state index is -0.395. The van der Waals surface area contributed by atoms with Crippen LogP contribution in [0, 0.1) is 0 Å². The number of hydrogen-bond acceptors (Lipinski definition) is 4. The third-order valence-electron chi connectivity index (χ3n) is 3.38. The van der Waals surface area contributed by atoms with Crippen LogP contribution in [0.4, 0.5) is 5.69 Å². The van der Waals surface area contributed by atoms with E-state index in [1.165, 1.54) is 13.2 Å². The van der Waals surface area contributed by atoms with Gasteiger partial charge in [0.25, 0.3) is 0 Å². The van der Waals surface area contributed by atoms with Gasteiger partial charge in [0.1, 0.15) is 0 Å². The molecule has 2 aromatic rings. The Balaban J connectivity index is 1.93. The summed E-state index contributed by atoms with van der Waals surface area (Å²) in [6.45, 7) is 0.100. The van der Waals surface area contributed by atoms with Crippen LogP contribution in [-0.2, 0) is 16.0 Å². The van der Waals surface area contributed by atoms with Gasteiger partial charge in [0.05, 0.1) is 12.7 Å². The number of aliphatic hydroxyl groups is 1. The van der Waals surface area contributed by atoms with Crippen LogP contribution in [0.2, 0.25) is 0 Å². The van der Waals surface area contributed by atoms with Gasteiger partial charge in [-0.3, -0.25) is 4.79 Å². The van der Waals surface area contributed by atoms with Crippen molar-refractivity contribution in [3.8, 4) is 0 Å². The van der Waals surface area contributed by atoms with Crippen LogP contribution < -0.4 is 5.32 Å². The molecule has 5 nitrogen and oxygen atoms in total. The van der Waals surface area contributed by atoms with Crippen molar-refractivity contribution in [3.63, 3.8) is 0 Å². The van der Waals surface area contributed by atoms with E-state index in [0.29, 0.717) is 17.7 Å². The first-order chi connectivity index (χ1) is 11.6. The van der Waals surface area contributed by atoms with E-state index in [1.807, 2.05) is 12.1 Å². The first-order valence-electron chi connectivity index (χ1n) is 7.49. The van der Waals surface area contributed by atoms with Crippen molar-refractivity contribution in [2.75, 3.05) is 19.0 Å². The Morgan fingerprint density at radius 3 is 2.33 bits per heavy atom. The summed E-state index contributed by atoms with van der Waals surface area (Å²) in [6.07, 6.45) is 3.68. The number of methoxy groups -OCH3 is 1. The highest BCUT2D eigenvalue weighted by Crippen LogP contribution is 2.11. The molecule has 124 valence electrons. The lowest BCUT2D eigenvalue weighted by atomic mass is 10.1. The van der Waals surface area contributed by atoms with Crippen LogP contribution in [0.1, 0.15) is 21.5 Å². The fraction of sp³-hybridized carbons (Fsp3) is 0.158. The van der Waals surface area contributed by atoms with E-state index >= 15 is 0 Å². The first kappa shape index (κ1) is 17.4. The van der Waals surface area contributed by atoms with Gasteiger partial charge in [-0.1, -0.05) is 24.3 Å². The average Bonchev–Trinajstić information content (AvgIpc) is 2.61. The molecule has 0 aliphatic heterocycles. The fourth-order valence-electron chi connectivity index (χ4n) is 2.09. The largest absolute Gasteiger partial charge is 0.465 e. The lowest BCUT2D eigenvalue weighted by Crippen LogP contribution is -2.07. The lowest BCUT2D eigenvalue weighted by molar-refractivity contribution is -0.111. The number of amides is 1. The summed E-state index contributed by atoms with van der Waals surface area (Å²) in [4.78, 5) is 23.2. The number of anilines is 1. The highest BCUT2D eigenvalue weighted by atomic mass is 16.5. The first-order valence-corrected chi connectivity index (χ1v) is 7.49. The molecule has 5 heteroatoms. The summed E-state index contributed by atoms with van der Waals surface area (Å²) >= 11 is 0. The molecule has 0 spiro atoms. The maximum atomic E-state index is 11.9. The number of ether oxygens (including phenoxy) is 1. The summed E-state index contributed by atoms with van der Waals surface area (Å²) in [6, 6.07) is 14.1. The number of rotatable bonds is 6. The molecule has 0 aromatic heterocycles. The van der Waals surface area contributed by atoms with Crippen LogP contribution in [0.25, 0.3) is 6.08 Å². The molecular weight excluding hydrogens is 306 g/mol. The minimum absolute atomic E-state index is 0.100. The van der Waals surface area contributed by atoms with Gasteiger partial charge in [-0.25, -0.2) is 4.79 Å². The van der Waals surface area contributed by atoms with Crippen LogP contribution in [0.5, 0.6) is 0 Å². The van der Waals surface area contributed by atoms with Crippen LogP contribution in [0.15, 0.2) is 54.6 Å². The summed E-state index contributed by atoms with van der Waals surface area (Å²) in [5, 5.41) is 11.6. The predicted octanol–water partition coefficient (Wildman–Crippen LogP) is 2.66. The molecule has 0 atom stereocenters. The van der Waals surface area contributed by atoms with Crippen LogP contribution >= 0.6 is 0 Å². The Hall–Kier alpha value is -2.92. The van der Waals surface area contributed by atoms with Gasteiger partial charge in [0.2, 0.25) is 5.91 Å². The standard InChI is InChI=1S/C19H19NO4/c1-24-19(23)16-7-2-14(3-8-16)6-11-18(22)20-17-9-4-15(5-10-17)12-13-21/h2-11,21H,12-13H2,1H3,(H,20,22)/b11-6+. The van der Waals surface area contributed by atoms with E-state index in [1.54, 1.807) is 42.5 Å². The monoisotopic (exact) mass is 325 g/mol. The number of hydrogen-bond donors (Lipinski definition) is 2. The van der Waals surface area contributed by atoms with Crippen molar-refractivity contribution >= 4 is 23.6 Å². The Kier molecular flexibility index (Phi) is 6.28. The number of aliphatic hydroxyl groups excluding tert-OH is 1. The molecule has 24 heavy (non-hydrogen) atoms. The number of carbonyl (C=O) groups excluding carboxylic acids is 2. The minimum Gasteiger partial charge on any atom is -0.465 e. The van der Waals surface area contributed by atoms with Gasteiger partial charge in [0.15, 0.2) is 0 Å². The third-order valence-corrected chi connectivity index (χ3v) is 3.38. The molecule has 0 aliphatic rings. The Bertz CT molecular complexity index is 718. The fourth-order valence-corrected chi connectivity index (χ4v) is 2.09. The zero-order valence-corrected chi connectivity index (χ0v) is 13.4. The third kappa shape index (κ3) is 5.07. The zero-order chi connectivity index (χ0) is 17.4. The second kappa shape index (κ2) is 8.64. The van der Waals surface area contributed by atoms with E-state index in [9.17, 15) is 9.59 Å².